The average Bonchev–Trinajstić information content (AvgIpc) is 3.28. The number of nitrogens with one attached hydrogen (secondary N) is 1. The largest absolute Gasteiger partial charge is 0.497 e. The van der Waals surface area contributed by atoms with Crippen molar-refractivity contribution in [2.24, 2.45) is 5.92 Å². The zero-order chi connectivity index (χ0) is 22.7. The number of anilines is 1. The summed E-state index contributed by atoms with van der Waals surface area (Å²) >= 11 is 0. The van der Waals surface area contributed by atoms with Gasteiger partial charge in [0.15, 0.2) is 0 Å². The van der Waals surface area contributed by atoms with Gasteiger partial charge < -0.3 is 9.15 Å². The number of amides is 1. The molecule has 1 fully saturated rings. The van der Waals surface area contributed by atoms with Gasteiger partial charge in [0, 0.05) is 24.6 Å². The molecule has 168 valence electrons. The number of carbonyl (C=O) groups excluding carboxylic acids is 1. The summed E-state index contributed by atoms with van der Waals surface area (Å²) in [6.07, 6.45) is 0.826. The lowest BCUT2D eigenvalue weighted by Crippen LogP contribution is -2.41. The Hall–Kier alpha value is -3.24. The third-order valence-electron chi connectivity index (χ3n) is 5.48. The molecule has 1 aliphatic heterocycles. The van der Waals surface area contributed by atoms with Crippen molar-refractivity contribution in [2.45, 2.75) is 24.7 Å². The number of hydrogen-bond donors (Lipinski definition) is 1. The van der Waals surface area contributed by atoms with E-state index in [1.165, 1.54) is 4.31 Å². The zero-order valence-electron chi connectivity index (χ0n) is 17.8. The normalized spacial score (nSPS) is 15.4. The summed E-state index contributed by atoms with van der Waals surface area (Å²) in [5, 5.41) is 10.5. The first kappa shape index (κ1) is 22.0. The topological polar surface area (TPSA) is 115 Å². The molecule has 0 spiro atoms. The van der Waals surface area contributed by atoms with Crippen LogP contribution in [-0.2, 0) is 14.8 Å². The lowest BCUT2D eigenvalue weighted by molar-refractivity contribution is -0.121. The van der Waals surface area contributed by atoms with E-state index in [1.807, 2.05) is 6.92 Å². The maximum absolute atomic E-state index is 12.8. The van der Waals surface area contributed by atoms with E-state index in [9.17, 15) is 13.2 Å². The van der Waals surface area contributed by atoms with Gasteiger partial charge in [0.2, 0.25) is 21.8 Å². The van der Waals surface area contributed by atoms with E-state index in [-0.39, 0.29) is 41.7 Å². The number of methoxy groups -OCH3 is 1. The van der Waals surface area contributed by atoms with Gasteiger partial charge in [-0.2, -0.15) is 4.31 Å². The molecule has 4 rings (SSSR count). The molecule has 2 heterocycles. The molecule has 0 saturated carbocycles. The highest BCUT2D eigenvalue weighted by Crippen LogP contribution is 2.26. The molecule has 0 unspecified atom stereocenters. The van der Waals surface area contributed by atoms with Crippen LogP contribution in [0.2, 0.25) is 0 Å². The quantitative estimate of drug-likeness (QED) is 0.606. The number of rotatable bonds is 6. The molecule has 0 atom stereocenters. The van der Waals surface area contributed by atoms with Gasteiger partial charge in [0.05, 0.1) is 12.0 Å². The molecule has 32 heavy (non-hydrogen) atoms. The van der Waals surface area contributed by atoms with Crippen LogP contribution >= 0.6 is 0 Å². The van der Waals surface area contributed by atoms with E-state index in [0.717, 1.165) is 5.56 Å². The molecule has 0 radical (unpaired) electrons. The smallest absolute Gasteiger partial charge is 0.322 e. The molecule has 3 aromatic rings. The number of nitrogens with zero attached hydrogens (tertiary/aromatic N) is 3. The Morgan fingerprint density at radius 2 is 1.72 bits per heavy atom. The van der Waals surface area contributed by atoms with Gasteiger partial charge in [-0.15, -0.1) is 5.10 Å². The van der Waals surface area contributed by atoms with Crippen LogP contribution in [0.5, 0.6) is 5.75 Å². The van der Waals surface area contributed by atoms with Crippen LogP contribution in [0, 0.1) is 12.8 Å². The molecule has 10 heteroatoms. The van der Waals surface area contributed by atoms with Crippen LogP contribution in [0.1, 0.15) is 18.4 Å². The van der Waals surface area contributed by atoms with Crippen molar-refractivity contribution in [1.82, 2.24) is 14.5 Å². The minimum Gasteiger partial charge on any atom is -0.497 e. The van der Waals surface area contributed by atoms with Crippen molar-refractivity contribution in [3.05, 3.63) is 54.1 Å². The van der Waals surface area contributed by atoms with Crippen LogP contribution in [-0.4, -0.2) is 49.0 Å². The van der Waals surface area contributed by atoms with Gasteiger partial charge in [0.1, 0.15) is 5.75 Å². The van der Waals surface area contributed by atoms with Crippen molar-refractivity contribution in [2.75, 3.05) is 25.5 Å². The maximum atomic E-state index is 12.8. The third kappa shape index (κ3) is 4.66. The summed E-state index contributed by atoms with van der Waals surface area (Å²) in [4.78, 5) is 12.9. The lowest BCUT2D eigenvalue weighted by atomic mass is 9.97. The Morgan fingerprint density at radius 1 is 1.06 bits per heavy atom. The molecule has 1 N–H and O–H groups in total. The number of carbonyl (C=O) groups is 1. The Bertz CT molecular complexity index is 1180. The lowest BCUT2D eigenvalue weighted by Gasteiger charge is -2.30. The van der Waals surface area contributed by atoms with Crippen molar-refractivity contribution in [1.29, 1.82) is 0 Å². The molecule has 2 aromatic carbocycles. The second kappa shape index (κ2) is 9.09. The first-order chi connectivity index (χ1) is 15.4. The monoisotopic (exact) mass is 456 g/mol. The number of aromatic nitrogens is 2. The van der Waals surface area contributed by atoms with Gasteiger partial charge in [-0.1, -0.05) is 22.8 Å². The molecule has 0 aliphatic carbocycles. The van der Waals surface area contributed by atoms with Gasteiger partial charge in [-0.3, -0.25) is 10.1 Å². The number of hydrogen-bond acceptors (Lipinski definition) is 7. The highest BCUT2D eigenvalue weighted by atomic mass is 32.2. The Labute approximate surface area is 186 Å². The van der Waals surface area contributed by atoms with Crippen molar-refractivity contribution in [3.8, 4) is 17.2 Å². The molecule has 1 saturated heterocycles. The summed E-state index contributed by atoms with van der Waals surface area (Å²) in [5.41, 5.74) is 1.70. The van der Waals surface area contributed by atoms with Crippen molar-refractivity contribution in [3.63, 3.8) is 0 Å². The summed E-state index contributed by atoms with van der Waals surface area (Å²) in [6, 6.07) is 13.9. The van der Waals surface area contributed by atoms with Crippen LogP contribution in [0.3, 0.4) is 0 Å². The minimum absolute atomic E-state index is 0.00974. The highest BCUT2D eigenvalue weighted by Gasteiger charge is 2.32. The zero-order valence-corrected chi connectivity index (χ0v) is 18.6. The van der Waals surface area contributed by atoms with E-state index in [1.54, 1.807) is 55.6 Å². The van der Waals surface area contributed by atoms with E-state index < -0.39 is 10.0 Å². The first-order valence-corrected chi connectivity index (χ1v) is 11.7. The van der Waals surface area contributed by atoms with Crippen LogP contribution < -0.4 is 10.1 Å². The van der Waals surface area contributed by atoms with E-state index in [0.29, 0.717) is 24.2 Å². The Kier molecular flexibility index (Phi) is 6.24. The molecular weight excluding hydrogens is 432 g/mol. The third-order valence-corrected chi connectivity index (χ3v) is 7.39. The fourth-order valence-electron chi connectivity index (χ4n) is 3.55. The second-order valence-electron chi connectivity index (χ2n) is 7.62. The van der Waals surface area contributed by atoms with E-state index in [4.69, 9.17) is 9.15 Å². The average molecular weight is 457 g/mol. The van der Waals surface area contributed by atoms with E-state index in [2.05, 4.69) is 15.5 Å². The van der Waals surface area contributed by atoms with Crippen molar-refractivity contribution >= 4 is 21.9 Å². The Balaban J connectivity index is 1.35. The van der Waals surface area contributed by atoms with Gasteiger partial charge >= 0.3 is 6.01 Å². The standard InChI is InChI=1S/C22H24N4O5S/c1-15-3-9-19(10-4-15)32(28,29)26-13-11-16(12-14-26)20(27)23-22-25-24-21(31-22)17-5-7-18(30-2)8-6-17/h3-10,16H,11-14H2,1-2H3,(H,23,25,27). The number of benzene rings is 2. The highest BCUT2D eigenvalue weighted by molar-refractivity contribution is 7.89. The predicted octanol–water partition coefficient (Wildman–Crippen LogP) is 3.09. The van der Waals surface area contributed by atoms with Gasteiger partial charge in [-0.05, 0) is 56.2 Å². The number of sulfonamides is 1. The summed E-state index contributed by atoms with van der Waals surface area (Å²) < 4.78 is 37.8. The summed E-state index contributed by atoms with van der Waals surface area (Å²) in [5.74, 6) is 0.387. The summed E-state index contributed by atoms with van der Waals surface area (Å²) in [7, 11) is -1.99. The van der Waals surface area contributed by atoms with E-state index >= 15 is 0 Å². The first-order valence-electron chi connectivity index (χ1n) is 10.2. The maximum Gasteiger partial charge on any atom is 0.322 e. The van der Waals surface area contributed by atoms with Crippen LogP contribution in [0.4, 0.5) is 6.01 Å². The second-order valence-corrected chi connectivity index (χ2v) is 9.56. The molecule has 9 nitrogen and oxygen atoms in total. The molecule has 1 aliphatic rings. The number of ether oxygens (including phenoxy) is 1. The SMILES string of the molecule is COc1ccc(-c2nnc(NC(=O)C3CCN(S(=O)(=O)c4ccc(C)cc4)CC3)o2)cc1. The Morgan fingerprint density at radius 3 is 2.34 bits per heavy atom. The van der Waals surface area contributed by atoms with Crippen LogP contribution in [0.15, 0.2) is 57.8 Å². The van der Waals surface area contributed by atoms with Crippen molar-refractivity contribution < 1.29 is 22.4 Å². The van der Waals surface area contributed by atoms with Crippen LogP contribution in [0.25, 0.3) is 11.5 Å². The fourth-order valence-corrected chi connectivity index (χ4v) is 5.02. The molecule has 1 aromatic heterocycles. The molecular formula is C22H24N4O5S. The predicted molar refractivity (Wildman–Crippen MR) is 118 cm³/mol. The molecule has 1 amide bonds. The molecule has 0 bridgehead atoms. The minimum atomic E-state index is -3.57. The number of piperidine rings is 1. The van der Waals surface area contributed by atoms with Gasteiger partial charge in [-0.25, -0.2) is 8.42 Å². The summed E-state index contributed by atoms with van der Waals surface area (Å²) in [6.45, 7) is 2.45. The fraction of sp³-hybridized carbons (Fsp3) is 0.318. The van der Waals surface area contributed by atoms with Gasteiger partial charge in [0.25, 0.3) is 0 Å². The number of aryl methyl sites for hydroxylation is 1.